The van der Waals surface area contributed by atoms with Gasteiger partial charge in [-0.05, 0) is 72.8 Å². The number of anilines is 1. The molecule has 320 valence electrons. The van der Waals surface area contributed by atoms with Gasteiger partial charge >= 0.3 is 7.12 Å². The number of benzene rings is 1. The van der Waals surface area contributed by atoms with Crippen molar-refractivity contribution in [1.82, 2.24) is 10.6 Å². The van der Waals surface area contributed by atoms with Gasteiger partial charge < -0.3 is 60.0 Å². The first kappa shape index (κ1) is 57.9. The summed E-state index contributed by atoms with van der Waals surface area (Å²) in [6, 6.07) is 5.29. The summed E-state index contributed by atoms with van der Waals surface area (Å²) in [5.41, 5.74) is 31.6. The maximum absolute atomic E-state index is 11.9. The number of fused-ring (bicyclic) bond motifs is 1. The molecule has 58 heavy (non-hydrogen) atoms. The van der Waals surface area contributed by atoms with Crippen molar-refractivity contribution >= 4 is 71.4 Å². The fourth-order valence-corrected chi connectivity index (χ4v) is 3.86. The largest absolute Gasteiger partial charge is 0.491 e. The minimum Gasteiger partial charge on any atom is -0.423 e. The molecule has 1 aromatic rings. The SMILES string of the molecule is C=CC(=O)NC.C=CC(=O)Nc1ccc2c(c1)B(O)OC2.C=CC(N)=O.C=CC(N)=O.C=CC(N)=O.CNC(=O)C(CC(C)C(N)=O)CC(CC(C)C(N)=O)C(N)=O. The molecule has 2 rings (SSSR count). The minimum atomic E-state index is -0.888. The van der Waals surface area contributed by atoms with Crippen molar-refractivity contribution in [2.45, 2.75) is 39.7 Å². The third-order valence-corrected chi connectivity index (χ3v) is 7.13. The topological polar surface area (TPSA) is 375 Å². The van der Waals surface area contributed by atoms with Gasteiger partial charge in [0, 0.05) is 43.5 Å². The third-order valence-electron chi connectivity index (χ3n) is 7.13. The van der Waals surface area contributed by atoms with E-state index in [2.05, 4.69) is 66.0 Å². The van der Waals surface area contributed by atoms with Gasteiger partial charge in [-0.2, -0.15) is 0 Å². The number of primary amides is 6. The number of nitrogens with two attached hydrogens (primary N) is 6. The Morgan fingerprint density at radius 3 is 1.40 bits per heavy atom. The Hall–Kier alpha value is -6.87. The van der Waals surface area contributed by atoms with E-state index in [-0.39, 0.29) is 37.0 Å². The van der Waals surface area contributed by atoms with Crippen LogP contribution in [0, 0.1) is 23.7 Å². The first-order valence-electron chi connectivity index (χ1n) is 17.0. The van der Waals surface area contributed by atoms with Crippen molar-refractivity contribution in [2.75, 3.05) is 19.4 Å². The Kier molecular flexibility index (Phi) is 33.4. The highest BCUT2D eigenvalue weighted by Gasteiger charge is 2.30. The number of hydrogen-bond donors (Lipinski definition) is 10. The van der Waals surface area contributed by atoms with Crippen LogP contribution < -0.4 is 55.8 Å². The fourth-order valence-electron chi connectivity index (χ4n) is 3.86. The molecule has 20 nitrogen and oxygen atoms in total. The zero-order chi connectivity index (χ0) is 46.1. The summed E-state index contributed by atoms with van der Waals surface area (Å²) in [5, 5.41) is 16.9. The maximum atomic E-state index is 11.9. The van der Waals surface area contributed by atoms with E-state index in [1.807, 2.05) is 6.07 Å². The number of hydrogen-bond acceptors (Lipinski definition) is 11. The van der Waals surface area contributed by atoms with Gasteiger partial charge in [0.15, 0.2) is 0 Å². The van der Waals surface area contributed by atoms with Gasteiger partial charge in [0.25, 0.3) is 0 Å². The van der Waals surface area contributed by atoms with Crippen LogP contribution in [0.2, 0.25) is 0 Å². The average Bonchev–Trinajstić information content (AvgIpc) is 3.56. The van der Waals surface area contributed by atoms with Gasteiger partial charge in [0.05, 0.1) is 6.61 Å². The molecule has 0 aliphatic carbocycles. The second-order valence-electron chi connectivity index (χ2n) is 11.6. The lowest BCUT2D eigenvalue weighted by atomic mass is 9.79. The Morgan fingerprint density at radius 1 is 0.672 bits per heavy atom. The van der Waals surface area contributed by atoms with Crippen molar-refractivity contribution in [3.8, 4) is 0 Å². The quantitative estimate of drug-likeness (QED) is 0.0630. The van der Waals surface area contributed by atoms with Crippen molar-refractivity contribution in [3.63, 3.8) is 0 Å². The Labute approximate surface area is 338 Å². The molecule has 21 heteroatoms. The molecule has 0 aromatic heterocycles. The first-order chi connectivity index (χ1) is 26.9. The number of carbonyl (C=O) groups is 9. The van der Waals surface area contributed by atoms with E-state index < -0.39 is 66.2 Å². The number of amides is 9. The van der Waals surface area contributed by atoms with E-state index in [1.54, 1.807) is 33.0 Å². The van der Waals surface area contributed by atoms with E-state index in [1.165, 1.54) is 19.2 Å². The van der Waals surface area contributed by atoms with E-state index in [4.69, 9.17) is 21.9 Å². The molecule has 0 fully saturated rings. The minimum absolute atomic E-state index is 0.143. The molecule has 0 saturated carbocycles. The maximum Gasteiger partial charge on any atom is 0.491 e. The lowest BCUT2D eigenvalue weighted by Crippen LogP contribution is -2.36. The average molecular weight is 816 g/mol. The smallest absolute Gasteiger partial charge is 0.423 e. The van der Waals surface area contributed by atoms with Crippen LogP contribution in [0.25, 0.3) is 0 Å². The van der Waals surface area contributed by atoms with Crippen LogP contribution >= 0.6 is 0 Å². The molecular weight excluding hydrogens is 757 g/mol. The Bertz CT molecular complexity index is 1580. The number of nitrogens with one attached hydrogen (secondary N) is 3. The molecule has 0 radical (unpaired) electrons. The van der Waals surface area contributed by atoms with Gasteiger partial charge in [-0.3, -0.25) is 43.2 Å². The van der Waals surface area contributed by atoms with Crippen LogP contribution in [0.4, 0.5) is 5.69 Å². The van der Waals surface area contributed by atoms with Crippen LogP contribution in [0.1, 0.15) is 38.7 Å². The summed E-state index contributed by atoms with van der Waals surface area (Å²) in [5.74, 6) is -6.13. The molecule has 9 amide bonds. The highest BCUT2D eigenvalue weighted by molar-refractivity contribution is 6.61. The number of rotatable bonds is 16. The summed E-state index contributed by atoms with van der Waals surface area (Å²) in [6.45, 7) is 19.5. The van der Waals surface area contributed by atoms with Crippen molar-refractivity contribution < 1.29 is 52.8 Å². The Balaban J connectivity index is -0.000000345. The van der Waals surface area contributed by atoms with Gasteiger partial charge in [0.1, 0.15) is 0 Å². The summed E-state index contributed by atoms with van der Waals surface area (Å²) in [4.78, 5) is 95.2. The molecule has 4 unspecified atom stereocenters. The highest BCUT2D eigenvalue weighted by atomic mass is 16.5. The van der Waals surface area contributed by atoms with Gasteiger partial charge in [-0.25, -0.2) is 0 Å². The summed E-state index contributed by atoms with van der Waals surface area (Å²) in [7, 11) is 2.14. The molecule has 1 heterocycles. The normalized spacial score (nSPS) is 12.0. The lowest BCUT2D eigenvalue weighted by Gasteiger charge is -2.23. The zero-order valence-electron chi connectivity index (χ0n) is 33.4. The molecule has 1 aliphatic rings. The second kappa shape index (κ2) is 33.5. The van der Waals surface area contributed by atoms with E-state index in [0.29, 0.717) is 17.8 Å². The molecule has 1 aromatic carbocycles. The molecular formula is C37H58BN9O11. The van der Waals surface area contributed by atoms with E-state index in [9.17, 15) is 48.2 Å². The predicted molar refractivity (Wildman–Crippen MR) is 221 cm³/mol. The summed E-state index contributed by atoms with van der Waals surface area (Å²) < 4.78 is 5.03. The van der Waals surface area contributed by atoms with E-state index in [0.717, 1.165) is 23.8 Å². The Morgan fingerprint density at radius 2 is 1.09 bits per heavy atom. The molecule has 0 bridgehead atoms. The summed E-state index contributed by atoms with van der Waals surface area (Å²) >= 11 is 0. The number of likely N-dealkylation sites (N-methyl/N-ethyl adjacent to an activating group) is 1. The fraction of sp³-hybridized carbons (Fsp3) is 0.324. The highest BCUT2D eigenvalue weighted by Crippen LogP contribution is 2.25. The van der Waals surface area contributed by atoms with Crippen LogP contribution in [-0.2, 0) is 54.4 Å². The summed E-state index contributed by atoms with van der Waals surface area (Å²) in [6.07, 6.45) is 6.11. The van der Waals surface area contributed by atoms with Crippen LogP contribution in [0.3, 0.4) is 0 Å². The van der Waals surface area contributed by atoms with Gasteiger partial charge in [0.2, 0.25) is 53.2 Å². The van der Waals surface area contributed by atoms with Crippen molar-refractivity contribution in [3.05, 3.63) is 87.0 Å². The van der Waals surface area contributed by atoms with Crippen LogP contribution in [-0.4, -0.2) is 79.4 Å². The predicted octanol–water partition coefficient (Wildman–Crippen LogP) is -2.22. The molecule has 16 N–H and O–H groups in total. The monoisotopic (exact) mass is 815 g/mol. The molecule has 0 saturated heterocycles. The first-order valence-corrected chi connectivity index (χ1v) is 17.0. The van der Waals surface area contributed by atoms with Crippen LogP contribution in [0.5, 0.6) is 0 Å². The zero-order valence-corrected chi connectivity index (χ0v) is 33.4. The lowest BCUT2D eigenvalue weighted by molar-refractivity contribution is -0.129. The van der Waals surface area contributed by atoms with Crippen molar-refractivity contribution in [2.24, 2.45) is 58.1 Å². The molecule has 4 atom stereocenters. The van der Waals surface area contributed by atoms with Crippen molar-refractivity contribution in [1.29, 1.82) is 0 Å². The van der Waals surface area contributed by atoms with Crippen LogP contribution in [0.15, 0.2) is 81.5 Å². The molecule has 0 spiro atoms. The second-order valence-corrected chi connectivity index (χ2v) is 11.6. The van der Waals surface area contributed by atoms with E-state index >= 15 is 0 Å². The van der Waals surface area contributed by atoms with Gasteiger partial charge in [-0.15, -0.1) is 0 Å². The third kappa shape index (κ3) is 30.5. The number of carbonyl (C=O) groups excluding carboxylic acids is 9. The standard InChI is InChI=1S/C14H26N4O4.C10H10BNO3.C4H7NO.3C3H5NO/c1-7(11(15)19)4-9(13(17)21)6-10(14(22)18-3)5-8(2)12(16)20;1-2-10(13)12-8-4-3-7-6-15-11(14)9(7)5-8;1-3-4(6)5-2;3*1-2-3(4)5/h7-10H,4-6H2,1-3H3,(H2,15,19)(H2,16,20)(H2,17,21)(H,18,22);2-5,14H,1,6H2,(H,12,13);3H,1H2,2H3,(H,5,6);3*2H,1H2,(H2,4,5). The van der Waals surface area contributed by atoms with Gasteiger partial charge in [-0.1, -0.05) is 52.8 Å². The molecule has 1 aliphatic heterocycles.